The predicted octanol–water partition coefficient (Wildman–Crippen LogP) is 14.8. The molecule has 0 aliphatic heterocycles. The summed E-state index contributed by atoms with van der Waals surface area (Å²) in [5, 5.41) is 4.29. The second-order valence-electron chi connectivity index (χ2n) is 16.1. The van der Waals surface area contributed by atoms with Crippen molar-refractivity contribution in [3.8, 4) is 22.3 Å². The Morgan fingerprint density at radius 1 is 0.569 bits per heavy atom. The summed E-state index contributed by atoms with van der Waals surface area (Å²) in [6, 6.07) is 53.3. The van der Waals surface area contributed by atoms with E-state index in [1.165, 1.54) is 44.7 Å². The normalized spacial score (nSPS) is 17.1. The highest BCUT2D eigenvalue weighted by Crippen LogP contribution is 2.65. The van der Waals surface area contributed by atoms with E-state index in [2.05, 4.69) is 187 Å². The molecular formula is C55H37NO2. The van der Waals surface area contributed by atoms with Crippen LogP contribution in [0.15, 0.2) is 202 Å². The monoisotopic (exact) mass is 743 g/mol. The molecule has 1 spiro atoms. The zero-order valence-electron chi connectivity index (χ0n) is 31.8. The average molecular weight is 744 g/mol. The van der Waals surface area contributed by atoms with Crippen molar-refractivity contribution >= 4 is 55.3 Å². The Morgan fingerprint density at radius 3 is 2.17 bits per heavy atom. The molecule has 0 bridgehead atoms. The van der Waals surface area contributed by atoms with Crippen LogP contribution in [-0.2, 0) is 5.41 Å². The molecule has 4 aliphatic rings. The molecule has 274 valence electrons. The van der Waals surface area contributed by atoms with Crippen LogP contribution < -0.4 is 4.90 Å². The van der Waals surface area contributed by atoms with Crippen LogP contribution in [0.1, 0.15) is 47.4 Å². The largest absolute Gasteiger partial charge is 0.456 e. The number of hydrogen-bond donors (Lipinski definition) is 0. The van der Waals surface area contributed by atoms with Gasteiger partial charge < -0.3 is 13.7 Å². The molecule has 0 fully saturated rings. The van der Waals surface area contributed by atoms with Crippen LogP contribution in [0.5, 0.6) is 0 Å². The number of allylic oxidation sites excluding steroid dienone is 7. The second-order valence-corrected chi connectivity index (χ2v) is 16.1. The summed E-state index contributed by atoms with van der Waals surface area (Å²) in [6.45, 7) is 0. The lowest BCUT2D eigenvalue weighted by Gasteiger charge is -2.33. The Kier molecular flexibility index (Phi) is 6.60. The number of anilines is 2. The summed E-state index contributed by atoms with van der Waals surface area (Å²) in [7, 11) is 0. The van der Waals surface area contributed by atoms with Crippen LogP contribution >= 0.6 is 0 Å². The van der Waals surface area contributed by atoms with Gasteiger partial charge in [-0.05, 0) is 118 Å². The van der Waals surface area contributed by atoms with Crippen molar-refractivity contribution in [2.24, 2.45) is 0 Å². The van der Waals surface area contributed by atoms with Gasteiger partial charge in [-0.25, -0.2) is 0 Å². The van der Waals surface area contributed by atoms with Crippen molar-refractivity contribution < 1.29 is 8.83 Å². The number of fused-ring (bicyclic) bond motifs is 16. The third kappa shape index (κ3) is 4.23. The van der Waals surface area contributed by atoms with Gasteiger partial charge in [0.05, 0.1) is 5.41 Å². The molecule has 0 N–H and O–H groups in total. The first kappa shape index (κ1) is 32.0. The molecule has 2 heterocycles. The molecule has 3 nitrogen and oxygen atoms in total. The van der Waals surface area contributed by atoms with E-state index in [1.54, 1.807) is 0 Å². The van der Waals surface area contributed by atoms with E-state index >= 15 is 0 Å². The van der Waals surface area contributed by atoms with Crippen LogP contribution in [0, 0.1) is 0 Å². The third-order valence-corrected chi connectivity index (χ3v) is 13.3. The highest BCUT2D eigenvalue weighted by molar-refractivity contribution is 6.23. The van der Waals surface area contributed by atoms with Gasteiger partial charge >= 0.3 is 0 Å². The van der Waals surface area contributed by atoms with Gasteiger partial charge in [-0.15, -0.1) is 0 Å². The summed E-state index contributed by atoms with van der Waals surface area (Å²) in [5.74, 6) is 0.310. The Morgan fingerprint density at radius 2 is 1.34 bits per heavy atom. The summed E-state index contributed by atoms with van der Waals surface area (Å²) in [4.78, 5) is 2.36. The number of hydrogen-bond acceptors (Lipinski definition) is 3. The van der Waals surface area contributed by atoms with Crippen LogP contribution in [0.2, 0.25) is 0 Å². The average Bonchev–Trinajstić information content (AvgIpc) is 4.01. The Labute approximate surface area is 336 Å². The summed E-state index contributed by atoms with van der Waals surface area (Å²) in [6.07, 6.45) is 16.9. The highest BCUT2D eigenvalue weighted by atomic mass is 16.3. The van der Waals surface area contributed by atoms with Gasteiger partial charge in [-0.2, -0.15) is 0 Å². The van der Waals surface area contributed by atoms with Crippen molar-refractivity contribution in [2.75, 3.05) is 4.90 Å². The lowest BCUT2D eigenvalue weighted by Crippen LogP contribution is -2.27. The van der Waals surface area contributed by atoms with Crippen molar-refractivity contribution in [1.29, 1.82) is 0 Å². The minimum Gasteiger partial charge on any atom is -0.456 e. The van der Waals surface area contributed by atoms with E-state index < -0.39 is 0 Å². The van der Waals surface area contributed by atoms with E-state index in [1.807, 2.05) is 0 Å². The first-order chi connectivity index (χ1) is 28.8. The van der Waals surface area contributed by atoms with Gasteiger partial charge in [0.15, 0.2) is 0 Å². The minimum absolute atomic E-state index is 0.310. The first-order valence-electron chi connectivity index (χ1n) is 20.5. The molecule has 0 amide bonds. The Hall–Kier alpha value is -7.10. The van der Waals surface area contributed by atoms with E-state index in [0.717, 1.165) is 85.6 Å². The van der Waals surface area contributed by atoms with Crippen molar-refractivity contribution in [3.63, 3.8) is 0 Å². The molecular weight excluding hydrogens is 707 g/mol. The third-order valence-electron chi connectivity index (χ3n) is 13.3. The van der Waals surface area contributed by atoms with Gasteiger partial charge in [0, 0.05) is 50.1 Å². The summed E-state index contributed by atoms with van der Waals surface area (Å²) >= 11 is 0. The molecule has 0 radical (unpaired) electrons. The van der Waals surface area contributed by atoms with Crippen LogP contribution in [-0.4, -0.2) is 0 Å². The molecule has 3 heteroatoms. The number of benzene rings is 7. The molecule has 58 heavy (non-hydrogen) atoms. The van der Waals surface area contributed by atoms with Gasteiger partial charge in [-0.1, -0.05) is 127 Å². The van der Waals surface area contributed by atoms with E-state index in [0.29, 0.717) is 5.92 Å². The SMILES string of the molecule is C1=CCC2C(=C1)C1(c3ccccc3-c3ccccc31)c1cc(-c3c4oc5ccc(N(C6=CCCC=C6)c6ccccc6)cc5c4cc4oc5ccccc5c34)ccc12. The first-order valence-corrected chi connectivity index (χ1v) is 20.5. The number of nitrogens with zero attached hydrogens (tertiary/aromatic N) is 1. The number of rotatable bonds is 4. The van der Waals surface area contributed by atoms with Gasteiger partial charge in [-0.3, -0.25) is 0 Å². The van der Waals surface area contributed by atoms with Crippen LogP contribution in [0.25, 0.3) is 66.1 Å². The van der Waals surface area contributed by atoms with Gasteiger partial charge in [0.1, 0.15) is 22.3 Å². The maximum absolute atomic E-state index is 7.08. The van der Waals surface area contributed by atoms with Crippen molar-refractivity contribution in [2.45, 2.75) is 30.6 Å². The van der Waals surface area contributed by atoms with Crippen molar-refractivity contribution in [1.82, 2.24) is 0 Å². The second kappa shape index (κ2) is 12.0. The zero-order valence-corrected chi connectivity index (χ0v) is 31.8. The molecule has 1 unspecified atom stereocenters. The standard InChI is InChI=1S/C55H37NO2/c1-3-15-35(16-4-1)56(36-17-5-2-6-18-36)37-28-30-50-43(32-37)44-33-51-53(42-22-10-14-26-49(42)57-51)52(54(44)58-50)34-27-29-41-40-21-9-13-25-47(40)55(48(41)31-34)45-23-11-7-19-38(45)39-20-8-12-24-46(39)55/h1,3-5,7-20,22-33,40H,2,6,21H2. The molecule has 7 aromatic carbocycles. The van der Waals surface area contributed by atoms with Gasteiger partial charge in [0.25, 0.3) is 0 Å². The molecule has 0 saturated carbocycles. The molecule has 0 saturated heterocycles. The van der Waals surface area contributed by atoms with Crippen molar-refractivity contribution in [3.05, 3.63) is 216 Å². The fourth-order valence-electron chi connectivity index (χ4n) is 10.9. The number of furan rings is 2. The minimum atomic E-state index is -0.384. The van der Waals surface area contributed by atoms with E-state index in [-0.39, 0.29) is 5.41 Å². The fraction of sp³-hybridized carbons (Fsp3) is 0.0909. The molecule has 4 aliphatic carbocycles. The van der Waals surface area contributed by atoms with Crippen LogP contribution in [0.3, 0.4) is 0 Å². The molecule has 13 rings (SSSR count). The van der Waals surface area contributed by atoms with Gasteiger partial charge in [0.2, 0.25) is 0 Å². The van der Waals surface area contributed by atoms with Crippen LogP contribution in [0.4, 0.5) is 11.4 Å². The summed E-state index contributed by atoms with van der Waals surface area (Å²) in [5.41, 5.74) is 18.4. The smallest absolute Gasteiger partial charge is 0.144 e. The zero-order chi connectivity index (χ0) is 38.0. The Bertz CT molecular complexity index is 3290. The number of para-hydroxylation sites is 2. The maximum atomic E-state index is 7.08. The maximum Gasteiger partial charge on any atom is 0.144 e. The fourth-order valence-corrected chi connectivity index (χ4v) is 10.9. The quantitative estimate of drug-likeness (QED) is 0.180. The summed E-state index contributed by atoms with van der Waals surface area (Å²) < 4.78 is 13.8. The Balaban J connectivity index is 1.10. The topological polar surface area (TPSA) is 29.5 Å². The molecule has 2 aromatic heterocycles. The highest BCUT2D eigenvalue weighted by Gasteiger charge is 2.54. The molecule has 1 atom stereocenters. The predicted molar refractivity (Wildman–Crippen MR) is 238 cm³/mol. The van der Waals surface area contributed by atoms with E-state index in [9.17, 15) is 0 Å². The lowest BCUT2D eigenvalue weighted by atomic mass is 9.68. The lowest BCUT2D eigenvalue weighted by molar-refractivity contribution is 0.664. The molecule has 9 aromatic rings. The van der Waals surface area contributed by atoms with E-state index in [4.69, 9.17) is 8.83 Å².